The number of amides is 1. The Morgan fingerprint density at radius 3 is 2.90 bits per heavy atom. The molecule has 0 aromatic carbocycles. The smallest absolute Gasteiger partial charge is 0.239 e. The molecule has 1 amide bonds. The number of rotatable bonds is 7. The Balaban J connectivity index is 1.87. The summed E-state index contributed by atoms with van der Waals surface area (Å²) >= 11 is 0. The molecule has 0 atom stereocenters. The molecule has 1 aliphatic rings. The number of carbonyl (C=O) groups excluding carboxylic acids is 1. The van der Waals surface area contributed by atoms with Crippen molar-refractivity contribution in [2.45, 2.75) is 32.7 Å². The largest absolute Gasteiger partial charge is 0.476 e. The van der Waals surface area contributed by atoms with Crippen LogP contribution in [0.2, 0.25) is 0 Å². The zero-order chi connectivity index (χ0) is 14.5. The van der Waals surface area contributed by atoms with Crippen LogP contribution in [0, 0.1) is 5.92 Å². The first-order valence-electron chi connectivity index (χ1n) is 6.97. The monoisotopic (exact) mass is 278 g/mol. The van der Waals surface area contributed by atoms with Crippen molar-refractivity contribution in [2.75, 3.05) is 24.2 Å². The highest BCUT2D eigenvalue weighted by molar-refractivity contribution is 5.81. The van der Waals surface area contributed by atoms with E-state index in [1.165, 1.54) is 0 Å². The molecule has 20 heavy (non-hydrogen) atoms. The topological polar surface area (TPSA) is 89.3 Å². The molecule has 1 saturated carbocycles. The zero-order valence-corrected chi connectivity index (χ0v) is 12.0. The molecule has 1 aliphatic carbocycles. The van der Waals surface area contributed by atoms with E-state index in [9.17, 15) is 4.79 Å². The zero-order valence-electron chi connectivity index (χ0n) is 12.0. The van der Waals surface area contributed by atoms with Gasteiger partial charge in [-0.2, -0.15) is 4.98 Å². The lowest BCUT2D eigenvalue weighted by molar-refractivity contribution is -0.119. The number of hydrogen-bond donors (Lipinski definition) is 3. The lowest BCUT2D eigenvalue weighted by Crippen LogP contribution is -2.31. The third kappa shape index (κ3) is 4.60. The van der Waals surface area contributed by atoms with Gasteiger partial charge in [-0.1, -0.05) is 13.8 Å². The van der Waals surface area contributed by atoms with Crippen molar-refractivity contribution in [2.24, 2.45) is 5.92 Å². The number of nitrogen functional groups attached to an aromatic ring is 1. The number of pyridine rings is 1. The quantitative estimate of drug-likeness (QED) is 0.701. The van der Waals surface area contributed by atoms with Gasteiger partial charge in [0.1, 0.15) is 5.82 Å². The molecule has 6 nitrogen and oxygen atoms in total. The second kappa shape index (κ2) is 6.45. The minimum Gasteiger partial charge on any atom is -0.476 e. The minimum atomic E-state index is -0.0178. The second-order valence-corrected chi connectivity index (χ2v) is 5.49. The van der Waals surface area contributed by atoms with Crippen molar-refractivity contribution < 1.29 is 9.53 Å². The van der Waals surface area contributed by atoms with Crippen LogP contribution in [-0.4, -0.2) is 30.1 Å². The molecule has 1 aromatic heterocycles. The van der Waals surface area contributed by atoms with Gasteiger partial charge in [-0.25, -0.2) is 0 Å². The Morgan fingerprint density at radius 2 is 2.25 bits per heavy atom. The van der Waals surface area contributed by atoms with Gasteiger partial charge in [-0.05, 0) is 30.9 Å². The number of ether oxygens (including phenoxy) is 1. The summed E-state index contributed by atoms with van der Waals surface area (Å²) in [7, 11) is 0. The van der Waals surface area contributed by atoms with E-state index in [4.69, 9.17) is 10.5 Å². The lowest BCUT2D eigenvalue weighted by Gasteiger charge is -2.12. The average molecular weight is 278 g/mol. The number of nitrogens with one attached hydrogen (secondary N) is 2. The van der Waals surface area contributed by atoms with Crippen LogP contribution in [0.1, 0.15) is 26.7 Å². The predicted molar refractivity (Wildman–Crippen MR) is 78.6 cm³/mol. The van der Waals surface area contributed by atoms with Crippen molar-refractivity contribution in [1.29, 1.82) is 0 Å². The summed E-state index contributed by atoms with van der Waals surface area (Å²) in [5.74, 6) is 1.38. The van der Waals surface area contributed by atoms with Gasteiger partial charge in [0.2, 0.25) is 11.8 Å². The number of anilines is 2. The van der Waals surface area contributed by atoms with E-state index in [-0.39, 0.29) is 12.5 Å². The first-order valence-corrected chi connectivity index (χ1v) is 6.97. The van der Waals surface area contributed by atoms with E-state index < -0.39 is 0 Å². The minimum absolute atomic E-state index is 0.0178. The van der Waals surface area contributed by atoms with E-state index in [2.05, 4.69) is 29.5 Å². The lowest BCUT2D eigenvalue weighted by atomic mass is 10.2. The molecule has 0 aliphatic heterocycles. The summed E-state index contributed by atoms with van der Waals surface area (Å²) in [5.41, 5.74) is 6.31. The average Bonchev–Trinajstić information content (AvgIpc) is 3.20. The Morgan fingerprint density at radius 1 is 1.50 bits per heavy atom. The highest BCUT2D eigenvalue weighted by Crippen LogP contribution is 2.21. The second-order valence-electron chi connectivity index (χ2n) is 5.49. The van der Waals surface area contributed by atoms with Crippen molar-refractivity contribution in [3.8, 4) is 5.88 Å². The van der Waals surface area contributed by atoms with Gasteiger partial charge in [0.05, 0.1) is 18.8 Å². The molecule has 0 spiro atoms. The van der Waals surface area contributed by atoms with E-state index in [0.717, 1.165) is 12.8 Å². The van der Waals surface area contributed by atoms with Gasteiger partial charge in [0.25, 0.3) is 0 Å². The molecule has 1 fully saturated rings. The fourth-order valence-corrected chi connectivity index (χ4v) is 1.59. The molecule has 0 unspecified atom stereocenters. The summed E-state index contributed by atoms with van der Waals surface area (Å²) < 4.78 is 5.54. The number of nitrogens with zero attached hydrogens (tertiary/aromatic N) is 1. The van der Waals surface area contributed by atoms with Gasteiger partial charge in [-0.15, -0.1) is 0 Å². The molecule has 2 rings (SSSR count). The number of hydrogen-bond acceptors (Lipinski definition) is 5. The Labute approximate surface area is 119 Å². The van der Waals surface area contributed by atoms with Gasteiger partial charge >= 0.3 is 0 Å². The normalized spacial score (nSPS) is 14.2. The van der Waals surface area contributed by atoms with Gasteiger partial charge in [0, 0.05) is 6.04 Å². The molecule has 0 saturated heterocycles. The molecule has 4 N–H and O–H groups in total. The number of nitrogens with two attached hydrogens (primary N) is 1. The summed E-state index contributed by atoms with van der Waals surface area (Å²) in [6.45, 7) is 4.88. The van der Waals surface area contributed by atoms with Crippen molar-refractivity contribution in [3.63, 3.8) is 0 Å². The first-order chi connectivity index (χ1) is 9.54. The molecule has 0 bridgehead atoms. The van der Waals surface area contributed by atoms with Gasteiger partial charge < -0.3 is 21.1 Å². The van der Waals surface area contributed by atoms with Crippen LogP contribution in [-0.2, 0) is 4.79 Å². The van der Waals surface area contributed by atoms with E-state index in [1.807, 2.05) is 0 Å². The summed E-state index contributed by atoms with van der Waals surface area (Å²) in [4.78, 5) is 15.8. The van der Waals surface area contributed by atoms with E-state index in [1.54, 1.807) is 12.1 Å². The first kappa shape index (κ1) is 14.4. The highest BCUT2D eigenvalue weighted by Gasteiger charge is 2.22. The van der Waals surface area contributed by atoms with Crippen LogP contribution in [0.3, 0.4) is 0 Å². The van der Waals surface area contributed by atoms with Crippen molar-refractivity contribution >= 4 is 17.4 Å². The molecular formula is C14H22N4O2. The summed E-state index contributed by atoms with van der Waals surface area (Å²) in [5, 5.41) is 5.88. The van der Waals surface area contributed by atoms with Crippen molar-refractivity contribution in [3.05, 3.63) is 12.1 Å². The standard InChI is InChI=1S/C14H22N4O2/c1-9(2)8-20-14-11(15)5-6-12(18-14)16-7-13(19)17-10-3-4-10/h5-6,9-10H,3-4,7-8,15H2,1-2H3,(H,16,18)(H,17,19). The van der Waals surface area contributed by atoms with Crippen LogP contribution in [0.4, 0.5) is 11.5 Å². The van der Waals surface area contributed by atoms with Gasteiger partial charge in [-0.3, -0.25) is 4.79 Å². The maximum Gasteiger partial charge on any atom is 0.239 e. The summed E-state index contributed by atoms with van der Waals surface area (Å²) in [6, 6.07) is 3.83. The fraction of sp³-hybridized carbons (Fsp3) is 0.571. The summed E-state index contributed by atoms with van der Waals surface area (Å²) in [6.07, 6.45) is 2.16. The molecule has 110 valence electrons. The predicted octanol–water partition coefficient (Wildman–Crippen LogP) is 1.39. The molecular weight excluding hydrogens is 256 g/mol. The Hall–Kier alpha value is -1.98. The maximum atomic E-state index is 11.6. The number of aromatic nitrogens is 1. The Kier molecular flexibility index (Phi) is 4.65. The van der Waals surface area contributed by atoms with E-state index >= 15 is 0 Å². The molecule has 1 heterocycles. The van der Waals surface area contributed by atoms with Crippen LogP contribution in [0.5, 0.6) is 5.88 Å². The Bertz CT molecular complexity index is 472. The number of carbonyl (C=O) groups is 1. The fourth-order valence-electron chi connectivity index (χ4n) is 1.59. The molecule has 0 radical (unpaired) electrons. The van der Waals surface area contributed by atoms with Gasteiger partial charge in [0.15, 0.2) is 0 Å². The van der Waals surface area contributed by atoms with Crippen molar-refractivity contribution in [1.82, 2.24) is 10.3 Å². The third-order valence-electron chi connectivity index (χ3n) is 2.82. The van der Waals surface area contributed by atoms with E-state index in [0.29, 0.717) is 36.0 Å². The SMILES string of the molecule is CC(C)COc1nc(NCC(=O)NC2CC2)ccc1N. The molecule has 6 heteroatoms. The molecule has 1 aromatic rings. The van der Waals surface area contributed by atoms with Crippen LogP contribution >= 0.6 is 0 Å². The third-order valence-corrected chi connectivity index (χ3v) is 2.82. The van der Waals surface area contributed by atoms with Crippen LogP contribution in [0.25, 0.3) is 0 Å². The highest BCUT2D eigenvalue weighted by atomic mass is 16.5. The maximum absolute atomic E-state index is 11.6. The van der Waals surface area contributed by atoms with Crippen LogP contribution in [0.15, 0.2) is 12.1 Å². The van der Waals surface area contributed by atoms with Crippen LogP contribution < -0.4 is 21.1 Å².